The Balaban J connectivity index is 1.58. The second-order valence-corrected chi connectivity index (χ2v) is 14.9. The summed E-state index contributed by atoms with van der Waals surface area (Å²) in [6.45, 7) is 9.24. The lowest BCUT2D eigenvalue weighted by atomic mass is 9.88. The second kappa shape index (κ2) is 11.7. The van der Waals surface area contributed by atoms with Crippen LogP contribution in [0.25, 0.3) is 72.3 Å². The van der Waals surface area contributed by atoms with Gasteiger partial charge < -0.3 is 8.83 Å². The number of rotatable bonds is 5. The molecule has 8 rings (SSSR count). The number of hydrogen-bond acceptors (Lipinski definition) is 5. The van der Waals surface area contributed by atoms with E-state index in [-0.39, 0.29) is 45.3 Å². The molecule has 254 valence electrons. The first kappa shape index (κ1) is 26.2. The highest BCUT2D eigenvalue weighted by atomic mass is 16.4. The molecule has 0 bridgehead atoms. The molecule has 0 amide bonds. The number of nitriles is 1. The zero-order chi connectivity index (χ0) is 40.9. The number of aryl methyl sites for hydroxylation is 2. The van der Waals surface area contributed by atoms with Crippen LogP contribution in [-0.4, -0.2) is 14.5 Å². The smallest absolute Gasteiger partial charge is 0.200 e. The number of oxazole rings is 1. The van der Waals surface area contributed by atoms with Crippen LogP contribution in [0.1, 0.15) is 102 Å². The van der Waals surface area contributed by atoms with Crippen molar-refractivity contribution in [3.63, 3.8) is 0 Å². The van der Waals surface area contributed by atoms with Gasteiger partial charge in [-0.25, -0.2) is 9.97 Å². The summed E-state index contributed by atoms with van der Waals surface area (Å²) in [5.41, 5.74) is 7.12. The predicted molar refractivity (Wildman–Crippen MR) is 208 cm³/mol. The number of fused-ring (bicyclic) bond motifs is 6. The summed E-state index contributed by atoms with van der Waals surface area (Å²) in [6, 6.07) is 26.6. The number of aromatic nitrogens is 3. The van der Waals surface area contributed by atoms with Crippen LogP contribution >= 0.6 is 0 Å². The minimum Gasteiger partial charge on any atom is -0.455 e. The van der Waals surface area contributed by atoms with E-state index in [9.17, 15) is 5.26 Å². The molecule has 6 nitrogen and oxygen atoms in total. The molecule has 0 N–H and O–H groups in total. The molecule has 0 aliphatic rings. The number of para-hydroxylation sites is 1. The fourth-order valence-electron chi connectivity index (χ4n) is 7.15. The highest BCUT2D eigenvalue weighted by Gasteiger charge is 2.29. The van der Waals surface area contributed by atoms with Gasteiger partial charge in [0.15, 0.2) is 5.58 Å². The van der Waals surface area contributed by atoms with Gasteiger partial charge in [-0.2, -0.15) is 5.26 Å². The Hall–Kier alpha value is -5.67. The first-order valence-electron chi connectivity index (χ1n) is 20.3. The molecule has 0 atom stereocenters. The van der Waals surface area contributed by atoms with Gasteiger partial charge in [-0.3, -0.25) is 4.57 Å². The summed E-state index contributed by atoms with van der Waals surface area (Å²) in [4.78, 5) is 10.0. The van der Waals surface area contributed by atoms with E-state index in [1.165, 1.54) is 0 Å². The number of hydrogen-bond donors (Lipinski definition) is 0. The molecule has 0 radical (unpaired) electrons. The second-order valence-electron chi connectivity index (χ2n) is 14.9. The highest BCUT2D eigenvalue weighted by Crippen LogP contribution is 2.45. The largest absolute Gasteiger partial charge is 0.455 e. The van der Waals surface area contributed by atoms with Gasteiger partial charge in [0.25, 0.3) is 0 Å². The van der Waals surface area contributed by atoms with E-state index in [0.717, 1.165) is 27.9 Å². The van der Waals surface area contributed by atoms with Crippen LogP contribution in [0.5, 0.6) is 0 Å². The Morgan fingerprint density at radius 3 is 2.14 bits per heavy atom. The molecular formula is C45H42N4O2. The number of imidazole rings is 1. The highest BCUT2D eigenvalue weighted by molar-refractivity contribution is 6.20. The molecule has 3 aromatic heterocycles. The maximum atomic E-state index is 10.2. The minimum absolute atomic E-state index is 0.00240. The lowest BCUT2D eigenvalue weighted by Gasteiger charge is -2.25. The van der Waals surface area contributed by atoms with E-state index in [4.69, 9.17) is 27.0 Å². The van der Waals surface area contributed by atoms with E-state index >= 15 is 0 Å². The molecular weight excluding hydrogens is 629 g/mol. The summed E-state index contributed by atoms with van der Waals surface area (Å²) < 4.78 is 66.8. The normalized spacial score (nSPS) is 14.6. The predicted octanol–water partition coefficient (Wildman–Crippen LogP) is 12.4. The molecule has 0 aliphatic carbocycles. The molecule has 8 aromatic rings. The van der Waals surface area contributed by atoms with Gasteiger partial charge in [0.05, 0.1) is 27.7 Å². The van der Waals surface area contributed by atoms with Crippen molar-refractivity contribution in [3.05, 3.63) is 113 Å². The molecule has 3 heterocycles. The SMILES string of the molecule is [2H]C([2H])([2H])c1ccc(-c2nc3cccc(C([2H])([2H])[2H])c3n2-c2c(C(C)C)cc(-c3ccccc3)cc2C(C)C)c2oc3cc(C#N)c4oc(C(C)(C)C)nc4c3c12. The minimum atomic E-state index is -2.57. The Kier molecular flexibility index (Phi) is 6.01. The van der Waals surface area contributed by atoms with Crippen LogP contribution in [0.15, 0.2) is 87.7 Å². The van der Waals surface area contributed by atoms with Crippen molar-refractivity contribution in [2.75, 3.05) is 0 Å². The summed E-state index contributed by atoms with van der Waals surface area (Å²) in [5, 5.41) is 10.9. The molecule has 6 heteroatoms. The van der Waals surface area contributed by atoms with Gasteiger partial charge in [-0.15, -0.1) is 0 Å². The molecule has 0 unspecified atom stereocenters. The van der Waals surface area contributed by atoms with Crippen molar-refractivity contribution in [2.45, 2.75) is 79.4 Å². The molecule has 0 saturated heterocycles. The monoisotopic (exact) mass is 676 g/mol. The summed E-state index contributed by atoms with van der Waals surface area (Å²) in [5.74, 6) is 0.768. The molecule has 0 spiro atoms. The van der Waals surface area contributed by atoms with Crippen LogP contribution in [0.3, 0.4) is 0 Å². The molecule has 0 aliphatic heterocycles. The Morgan fingerprint density at radius 2 is 1.49 bits per heavy atom. The Bertz CT molecular complexity index is 2900. The lowest BCUT2D eigenvalue weighted by Crippen LogP contribution is -2.10. The number of furan rings is 1. The lowest BCUT2D eigenvalue weighted by molar-refractivity contribution is 0.410. The van der Waals surface area contributed by atoms with Crippen molar-refractivity contribution >= 4 is 44.1 Å². The van der Waals surface area contributed by atoms with Crippen LogP contribution in [0.2, 0.25) is 0 Å². The van der Waals surface area contributed by atoms with Crippen LogP contribution in [0, 0.1) is 25.0 Å². The number of nitrogens with zero attached hydrogens (tertiary/aromatic N) is 4. The van der Waals surface area contributed by atoms with Crippen LogP contribution < -0.4 is 0 Å². The quantitative estimate of drug-likeness (QED) is 0.181. The molecule has 5 aromatic carbocycles. The number of benzene rings is 5. The first-order valence-corrected chi connectivity index (χ1v) is 17.3. The van der Waals surface area contributed by atoms with Gasteiger partial charge in [-0.1, -0.05) is 97.0 Å². The third-order valence-corrected chi connectivity index (χ3v) is 9.67. The van der Waals surface area contributed by atoms with Gasteiger partial charge in [-0.05, 0) is 83.2 Å². The summed E-state index contributed by atoms with van der Waals surface area (Å²) in [7, 11) is 0. The van der Waals surface area contributed by atoms with Crippen molar-refractivity contribution in [3.8, 4) is 34.3 Å². The van der Waals surface area contributed by atoms with Crippen molar-refractivity contribution in [1.82, 2.24) is 14.5 Å². The Labute approximate surface area is 306 Å². The average Bonchev–Trinajstić information content (AvgIpc) is 3.86. The van der Waals surface area contributed by atoms with Gasteiger partial charge >= 0.3 is 0 Å². The fourth-order valence-corrected chi connectivity index (χ4v) is 7.15. The maximum absolute atomic E-state index is 10.2. The molecule has 0 saturated carbocycles. The summed E-state index contributed by atoms with van der Waals surface area (Å²) in [6.07, 6.45) is 0. The van der Waals surface area contributed by atoms with Crippen molar-refractivity contribution in [2.24, 2.45) is 0 Å². The Morgan fingerprint density at radius 1 is 0.765 bits per heavy atom. The average molecular weight is 677 g/mol. The third-order valence-electron chi connectivity index (χ3n) is 9.67. The first-order chi connectivity index (χ1) is 26.8. The molecule has 51 heavy (non-hydrogen) atoms. The van der Waals surface area contributed by atoms with Crippen LogP contribution in [0.4, 0.5) is 0 Å². The third kappa shape index (κ3) is 5.06. The van der Waals surface area contributed by atoms with E-state index in [1.54, 1.807) is 36.4 Å². The topological polar surface area (TPSA) is 80.8 Å². The molecule has 0 fully saturated rings. The zero-order valence-corrected chi connectivity index (χ0v) is 29.8. The van der Waals surface area contributed by atoms with Crippen molar-refractivity contribution in [1.29, 1.82) is 5.26 Å². The van der Waals surface area contributed by atoms with Gasteiger partial charge in [0.1, 0.15) is 34.1 Å². The van der Waals surface area contributed by atoms with Gasteiger partial charge in [0.2, 0.25) is 5.89 Å². The van der Waals surface area contributed by atoms with E-state index < -0.39 is 19.1 Å². The van der Waals surface area contributed by atoms with Gasteiger partial charge in [0, 0.05) is 25.1 Å². The van der Waals surface area contributed by atoms with Crippen molar-refractivity contribution < 1.29 is 17.1 Å². The van der Waals surface area contributed by atoms with E-state index in [0.29, 0.717) is 44.6 Å². The zero-order valence-electron chi connectivity index (χ0n) is 35.8. The summed E-state index contributed by atoms with van der Waals surface area (Å²) >= 11 is 0. The fraction of sp³-hybridized carbons (Fsp3) is 0.267. The maximum Gasteiger partial charge on any atom is 0.200 e. The van der Waals surface area contributed by atoms with Crippen LogP contribution in [-0.2, 0) is 5.41 Å². The standard InChI is InChI=1S/C45H42N4O2/c1-24(2)32-20-29(28-15-11-10-12-16-28)21-33(25(3)4)40(32)49-39-27(6)14-13-17-34(39)47-43(49)31-19-18-26(5)36-37-35(50-42(31)36)22-30(23-46)41-38(37)48-44(51-41)45(7,8)9/h10-22,24-25H,1-9H3/i5D3,6D3. The van der Waals surface area contributed by atoms with E-state index in [1.807, 2.05) is 43.5 Å². The van der Waals surface area contributed by atoms with E-state index in [2.05, 4.69) is 58.0 Å².